The van der Waals surface area contributed by atoms with Crippen molar-refractivity contribution in [2.24, 2.45) is 11.7 Å². The number of aromatic nitrogens is 4. The molecule has 1 aromatic carbocycles. The fraction of sp³-hybridized carbons (Fsp3) is 0.346. The van der Waals surface area contributed by atoms with E-state index in [1.54, 1.807) is 18.2 Å². The quantitative estimate of drug-likeness (QED) is 0.421. The molecule has 9 heteroatoms. The molecule has 2 N–H and O–H groups in total. The topological polar surface area (TPSA) is 81.6 Å². The first-order valence-electron chi connectivity index (χ1n) is 11.8. The van der Waals surface area contributed by atoms with E-state index in [9.17, 15) is 8.78 Å². The summed E-state index contributed by atoms with van der Waals surface area (Å²) >= 11 is 0. The summed E-state index contributed by atoms with van der Waals surface area (Å²) < 4.78 is 32.5. The average Bonchev–Trinajstić information content (AvgIpc) is 3.19. The number of rotatable bonds is 6. The Morgan fingerprint density at radius 3 is 2.46 bits per heavy atom. The highest BCUT2D eigenvalue weighted by molar-refractivity contribution is 5.64. The summed E-state index contributed by atoms with van der Waals surface area (Å²) in [5, 5.41) is 0. The number of imidazole rings is 1. The van der Waals surface area contributed by atoms with Crippen molar-refractivity contribution >= 4 is 11.6 Å². The predicted octanol–water partition coefficient (Wildman–Crippen LogP) is 4.99. The van der Waals surface area contributed by atoms with Crippen LogP contribution in [-0.4, -0.2) is 39.1 Å². The summed E-state index contributed by atoms with van der Waals surface area (Å²) in [5.41, 5.74) is 11.0. The van der Waals surface area contributed by atoms with Gasteiger partial charge >= 0.3 is 6.61 Å². The first kappa shape index (κ1) is 23.2. The Morgan fingerprint density at radius 2 is 1.74 bits per heavy atom. The number of aryl methyl sites for hydroxylation is 1. The molecule has 5 rings (SSSR count). The lowest BCUT2D eigenvalue weighted by atomic mass is 10.00. The number of para-hydroxylation sites is 1. The SMILES string of the molecule is Cc1nc2ccc(-c3cnc(N4CCC(C)CC4)nc3)cn2c1C(N)c1ccccc1OC(F)F. The van der Waals surface area contributed by atoms with Crippen molar-refractivity contribution in [1.29, 1.82) is 0 Å². The number of benzene rings is 1. The molecule has 1 fully saturated rings. The van der Waals surface area contributed by atoms with E-state index in [-0.39, 0.29) is 5.75 Å². The first-order chi connectivity index (χ1) is 16.9. The number of nitrogens with two attached hydrogens (primary N) is 1. The van der Waals surface area contributed by atoms with Crippen LogP contribution < -0.4 is 15.4 Å². The fourth-order valence-corrected chi connectivity index (χ4v) is 4.66. The van der Waals surface area contributed by atoms with Crippen molar-refractivity contribution in [3.05, 3.63) is 71.9 Å². The van der Waals surface area contributed by atoms with Crippen LogP contribution in [0.5, 0.6) is 5.75 Å². The monoisotopic (exact) mass is 478 g/mol. The Bertz CT molecular complexity index is 1320. The van der Waals surface area contributed by atoms with Crippen LogP contribution in [0, 0.1) is 12.8 Å². The van der Waals surface area contributed by atoms with E-state index >= 15 is 0 Å². The van der Waals surface area contributed by atoms with E-state index in [2.05, 4.69) is 26.8 Å². The van der Waals surface area contributed by atoms with Gasteiger partial charge in [-0.05, 0) is 43.9 Å². The highest BCUT2D eigenvalue weighted by Gasteiger charge is 2.23. The van der Waals surface area contributed by atoms with Gasteiger partial charge in [0.1, 0.15) is 11.4 Å². The lowest BCUT2D eigenvalue weighted by Gasteiger charge is -2.30. The Balaban J connectivity index is 1.48. The fourth-order valence-electron chi connectivity index (χ4n) is 4.66. The Morgan fingerprint density at radius 1 is 1.03 bits per heavy atom. The molecule has 0 amide bonds. The van der Waals surface area contributed by atoms with Crippen molar-refractivity contribution in [2.45, 2.75) is 39.3 Å². The van der Waals surface area contributed by atoms with Gasteiger partial charge in [0.25, 0.3) is 0 Å². The first-order valence-corrected chi connectivity index (χ1v) is 11.8. The Hall–Kier alpha value is -3.59. The summed E-state index contributed by atoms with van der Waals surface area (Å²) in [4.78, 5) is 16.1. The third-order valence-electron chi connectivity index (χ3n) is 6.64. The molecule has 7 nitrogen and oxygen atoms in total. The van der Waals surface area contributed by atoms with Gasteiger partial charge in [0.2, 0.25) is 5.95 Å². The van der Waals surface area contributed by atoms with Gasteiger partial charge in [-0.3, -0.25) is 0 Å². The number of halogens is 2. The van der Waals surface area contributed by atoms with Gasteiger partial charge in [-0.2, -0.15) is 8.78 Å². The lowest BCUT2D eigenvalue weighted by molar-refractivity contribution is -0.0505. The van der Waals surface area contributed by atoms with Crippen LogP contribution in [0.3, 0.4) is 0 Å². The van der Waals surface area contributed by atoms with Gasteiger partial charge in [0.15, 0.2) is 0 Å². The normalized spacial score (nSPS) is 15.7. The Kier molecular flexibility index (Phi) is 6.34. The maximum absolute atomic E-state index is 12.9. The number of ether oxygens (including phenoxy) is 1. The summed E-state index contributed by atoms with van der Waals surface area (Å²) in [6.45, 7) is 3.14. The van der Waals surface area contributed by atoms with Crippen LogP contribution in [-0.2, 0) is 0 Å². The molecule has 0 radical (unpaired) electrons. The number of nitrogens with zero attached hydrogens (tertiary/aromatic N) is 5. The minimum Gasteiger partial charge on any atom is -0.434 e. The largest absolute Gasteiger partial charge is 0.434 e. The minimum absolute atomic E-state index is 0.0524. The third kappa shape index (κ3) is 4.68. The zero-order valence-corrected chi connectivity index (χ0v) is 19.7. The molecule has 4 aromatic rings. The molecule has 182 valence electrons. The molecule has 4 heterocycles. The van der Waals surface area contributed by atoms with E-state index in [0.717, 1.165) is 48.9 Å². The predicted molar refractivity (Wildman–Crippen MR) is 131 cm³/mol. The number of hydrogen-bond acceptors (Lipinski definition) is 6. The summed E-state index contributed by atoms with van der Waals surface area (Å²) in [6.07, 6.45) is 7.89. The highest BCUT2D eigenvalue weighted by atomic mass is 19.3. The molecule has 1 unspecified atom stereocenters. The molecular weight excluding hydrogens is 450 g/mol. The van der Waals surface area contributed by atoms with E-state index in [0.29, 0.717) is 22.6 Å². The standard InChI is InChI=1S/C26H28F2N6O/c1-16-9-11-33(12-10-16)26-30-13-19(14-31-26)18-7-8-22-32-17(2)24(34(22)15-18)23(29)20-5-3-4-6-21(20)35-25(27)28/h3-8,13-16,23,25H,9-12,29H2,1-2H3. The average molecular weight is 479 g/mol. The van der Waals surface area contributed by atoms with Gasteiger partial charge < -0.3 is 19.8 Å². The van der Waals surface area contributed by atoms with Crippen molar-refractivity contribution in [2.75, 3.05) is 18.0 Å². The Labute approximate surface area is 202 Å². The van der Waals surface area contributed by atoms with Crippen molar-refractivity contribution in [1.82, 2.24) is 19.4 Å². The molecule has 1 saturated heterocycles. The molecule has 3 aromatic heterocycles. The van der Waals surface area contributed by atoms with E-state index in [1.807, 2.05) is 42.0 Å². The molecule has 0 bridgehead atoms. The smallest absolute Gasteiger partial charge is 0.387 e. The van der Waals surface area contributed by atoms with Crippen LogP contribution in [0.1, 0.15) is 42.8 Å². The summed E-state index contributed by atoms with van der Waals surface area (Å²) in [6, 6.07) is 9.73. The van der Waals surface area contributed by atoms with Gasteiger partial charge in [-0.25, -0.2) is 15.0 Å². The number of alkyl halides is 2. The number of fused-ring (bicyclic) bond motifs is 1. The zero-order chi connectivity index (χ0) is 24.5. The van der Waals surface area contributed by atoms with Crippen LogP contribution in [0.25, 0.3) is 16.8 Å². The molecular formula is C26H28F2N6O. The van der Waals surface area contributed by atoms with Crippen LogP contribution in [0.15, 0.2) is 55.0 Å². The van der Waals surface area contributed by atoms with Gasteiger partial charge in [-0.15, -0.1) is 0 Å². The molecule has 1 aliphatic rings. The van der Waals surface area contributed by atoms with Crippen LogP contribution >= 0.6 is 0 Å². The summed E-state index contributed by atoms with van der Waals surface area (Å²) in [5.74, 6) is 1.54. The second-order valence-corrected chi connectivity index (χ2v) is 9.06. The van der Waals surface area contributed by atoms with Crippen LogP contribution in [0.2, 0.25) is 0 Å². The van der Waals surface area contributed by atoms with E-state index < -0.39 is 12.7 Å². The maximum Gasteiger partial charge on any atom is 0.387 e. The van der Waals surface area contributed by atoms with Gasteiger partial charge in [-0.1, -0.05) is 25.1 Å². The van der Waals surface area contributed by atoms with Gasteiger partial charge in [0, 0.05) is 48.4 Å². The third-order valence-corrected chi connectivity index (χ3v) is 6.64. The number of pyridine rings is 1. The molecule has 1 atom stereocenters. The molecule has 0 saturated carbocycles. The van der Waals surface area contributed by atoms with Crippen LogP contribution in [0.4, 0.5) is 14.7 Å². The second kappa shape index (κ2) is 9.58. The lowest BCUT2D eigenvalue weighted by Crippen LogP contribution is -2.33. The minimum atomic E-state index is -2.94. The van der Waals surface area contributed by atoms with E-state index in [1.165, 1.54) is 6.07 Å². The second-order valence-electron chi connectivity index (χ2n) is 9.06. The highest BCUT2D eigenvalue weighted by Crippen LogP contribution is 2.32. The summed E-state index contributed by atoms with van der Waals surface area (Å²) in [7, 11) is 0. The maximum atomic E-state index is 12.9. The molecule has 0 spiro atoms. The molecule has 1 aliphatic heterocycles. The van der Waals surface area contributed by atoms with Gasteiger partial charge in [0.05, 0.1) is 17.4 Å². The van der Waals surface area contributed by atoms with E-state index in [4.69, 9.17) is 10.5 Å². The number of piperidine rings is 1. The zero-order valence-electron chi connectivity index (χ0n) is 19.7. The van der Waals surface area contributed by atoms with Crippen molar-refractivity contribution in [3.63, 3.8) is 0 Å². The van der Waals surface area contributed by atoms with Crippen molar-refractivity contribution < 1.29 is 13.5 Å². The molecule has 35 heavy (non-hydrogen) atoms. The number of anilines is 1. The van der Waals surface area contributed by atoms with Crippen molar-refractivity contribution in [3.8, 4) is 16.9 Å². The molecule has 0 aliphatic carbocycles. The number of hydrogen-bond donors (Lipinski definition) is 1.